The Balaban J connectivity index is 1.99. The molecule has 0 radical (unpaired) electrons. The number of benzene rings is 2. The van der Waals surface area contributed by atoms with E-state index in [1.165, 1.54) is 21.3 Å². The summed E-state index contributed by atoms with van der Waals surface area (Å²) in [6, 6.07) is 12.6. The molecule has 39 heavy (non-hydrogen) atoms. The lowest BCUT2D eigenvalue weighted by atomic mass is 9.82. The van der Waals surface area contributed by atoms with Gasteiger partial charge in [0.15, 0.2) is 0 Å². The number of anilines is 1. The summed E-state index contributed by atoms with van der Waals surface area (Å²) in [6.45, 7) is 3.79. The van der Waals surface area contributed by atoms with Crippen molar-refractivity contribution in [3.05, 3.63) is 86.1 Å². The van der Waals surface area contributed by atoms with Crippen molar-refractivity contribution in [1.29, 1.82) is 5.26 Å². The molecule has 0 saturated heterocycles. The van der Waals surface area contributed by atoms with Gasteiger partial charge in [-0.1, -0.05) is 35.5 Å². The zero-order valence-corrected chi connectivity index (χ0v) is 22.8. The van der Waals surface area contributed by atoms with Crippen molar-refractivity contribution in [1.82, 2.24) is 4.90 Å². The smallest absolute Gasteiger partial charge is 0.344 e. The van der Waals surface area contributed by atoms with E-state index in [4.69, 9.17) is 19.9 Å². The number of nitrogens with one attached hydrogen (secondary N) is 1. The van der Waals surface area contributed by atoms with Crippen molar-refractivity contribution in [2.45, 2.75) is 19.8 Å². The topological polar surface area (TPSA) is 144 Å². The highest BCUT2D eigenvalue weighted by molar-refractivity contribution is 8.07. The SMILES string of the molecule is COC(=O)C1=CC(=O)N2C(N)=C(C#N)C(c3ccc(OC)cc3OC)C(C(=O)Nc3ccc(C)cc3C)=C2S1. The number of esters is 1. The van der Waals surface area contributed by atoms with Crippen LogP contribution in [0.15, 0.2) is 69.4 Å². The first kappa shape index (κ1) is 27.3. The number of nitrogens with two attached hydrogens (primary N) is 1. The number of carbonyl (C=O) groups excluding carboxylic acids is 3. The fourth-order valence-electron chi connectivity index (χ4n) is 4.46. The Hall–Kier alpha value is -4.69. The number of hydrogen-bond acceptors (Lipinski definition) is 9. The highest BCUT2D eigenvalue weighted by Crippen LogP contribution is 2.50. The molecule has 2 aliphatic rings. The third kappa shape index (κ3) is 4.94. The number of rotatable bonds is 6. The highest BCUT2D eigenvalue weighted by atomic mass is 32.2. The molecule has 2 aliphatic heterocycles. The number of hydrogen-bond donors (Lipinski definition) is 2. The van der Waals surface area contributed by atoms with E-state index in [9.17, 15) is 19.6 Å². The van der Waals surface area contributed by atoms with Crippen molar-refractivity contribution in [3.63, 3.8) is 0 Å². The highest BCUT2D eigenvalue weighted by Gasteiger charge is 2.44. The summed E-state index contributed by atoms with van der Waals surface area (Å²) in [5, 5.41) is 13.2. The third-order valence-electron chi connectivity index (χ3n) is 6.34. The van der Waals surface area contributed by atoms with Crippen LogP contribution in [-0.2, 0) is 19.1 Å². The van der Waals surface area contributed by atoms with E-state index < -0.39 is 23.7 Å². The Bertz CT molecular complexity index is 1530. The maximum Gasteiger partial charge on any atom is 0.344 e. The molecule has 0 aromatic heterocycles. The Labute approximate surface area is 229 Å². The molecule has 200 valence electrons. The van der Waals surface area contributed by atoms with Gasteiger partial charge in [-0.25, -0.2) is 4.79 Å². The fourth-order valence-corrected chi connectivity index (χ4v) is 5.59. The summed E-state index contributed by atoms with van der Waals surface area (Å²) in [4.78, 5) is 40.8. The summed E-state index contributed by atoms with van der Waals surface area (Å²) in [6.07, 6.45) is 1.07. The second-order valence-corrected chi connectivity index (χ2v) is 9.75. The average Bonchev–Trinajstić information content (AvgIpc) is 2.93. The van der Waals surface area contributed by atoms with Gasteiger partial charge >= 0.3 is 5.97 Å². The molecule has 2 heterocycles. The molecule has 4 rings (SSSR count). The van der Waals surface area contributed by atoms with Crippen LogP contribution in [0.25, 0.3) is 0 Å². The van der Waals surface area contributed by atoms with Crippen LogP contribution < -0.4 is 20.5 Å². The van der Waals surface area contributed by atoms with Gasteiger partial charge in [0.25, 0.3) is 11.8 Å². The predicted octanol–water partition coefficient (Wildman–Crippen LogP) is 3.59. The molecular weight excluding hydrogens is 520 g/mol. The van der Waals surface area contributed by atoms with Crippen molar-refractivity contribution < 1.29 is 28.6 Å². The normalized spacial score (nSPS) is 16.7. The third-order valence-corrected chi connectivity index (χ3v) is 7.44. The number of ether oxygens (including phenoxy) is 3. The number of methoxy groups -OCH3 is 3. The van der Waals surface area contributed by atoms with Crippen molar-refractivity contribution >= 4 is 35.2 Å². The lowest BCUT2D eigenvalue weighted by Gasteiger charge is -2.37. The Kier molecular flexibility index (Phi) is 7.69. The number of amides is 2. The fraction of sp³-hybridized carbons (Fsp3) is 0.214. The molecule has 1 unspecified atom stereocenters. The van der Waals surface area contributed by atoms with Crippen LogP contribution in [0.4, 0.5) is 5.69 Å². The summed E-state index contributed by atoms with van der Waals surface area (Å²) in [5.41, 5.74) is 9.22. The van der Waals surface area contributed by atoms with Crippen LogP contribution in [0, 0.1) is 25.2 Å². The minimum atomic E-state index is -1.04. The van der Waals surface area contributed by atoms with Gasteiger partial charge in [-0.3, -0.25) is 14.5 Å². The van der Waals surface area contributed by atoms with Gasteiger partial charge in [0.1, 0.15) is 22.2 Å². The first-order valence-corrected chi connectivity index (χ1v) is 12.5. The Morgan fingerprint density at radius 2 is 1.85 bits per heavy atom. The van der Waals surface area contributed by atoms with E-state index in [-0.39, 0.29) is 26.9 Å². The average molecular weight is 547 g/mol. The van der Waals surface area contributed by atoms with Crippen LogP contribution in [-0.4, -0.2) is 44.0 Å². The zero-order chi connectivity index (χ0) is 28.4. The number of fused-ring (bicyclic) bond motifs is 1. The second-order valence-electron chi connectivity index (χ2n) is 8.72. The second kappa shape index (κ2) is 11.0. The zero-order valence-electron chi connectivity index (χ0n) is 21.9. The van der Waals surface area contributed by atoms with Gasteiger partial charge in [0, 0.05) is 23.4 Å². The number of nitriles is 1. The standard InChI is InChI=1S/C28H26N4O6S/c1-14-6-9-19(15(2)10-14)31-26(34)24-23(17-8-7-16(36-3)11-20(17)37-4)18(13-29)25(30)32-22(33)12-21(28(35)38-5)39-27(24)32/h6-12,23H,30H2,1-5H3,(H,31,34). The molecule has 11 heteroatoms. The minimum absolute atomic E-state index is 0.0285. The molecule has 0 aliphatic carbocycles. The lowest BCUT2D eigenvalue weighted by molar-refractivity contribution is -0.135. The number of allylic oxidation sites excluding steroid dienone is 1. The van der Waals surface area contributed by atoms with Crippen LogP contribution in [0.1, 0.15) is 22.6 Å². The van der Waals surface area contributed by atoms with Gasteiger partial charge in [-0.2, -0.15) is 5.26 Å². The van der Waals surface area contributed by atoms with E-state index in [0.29, 0.717) is 22.7 Å². The predicted molar refractivity (Wildman–Crippen MR) is 145 cm³/mol. The molecule has 3 N–H and O–H groups in total. The first-order valence-electron chi connectivity index (χ1n) is 11.7. The summed E-state index contributed by atoms with van der Waals surface area (Å²) in [5.74, 6) is -2.39. The Morgan fingerprint density at radius 3 is 2.46 bits per heavy atom. The maximum atomic E-state index is 14.1. The molecule has 0 saturated carbocycles. The van der Waals surface area contributed by atoms with Crippen molar-refractivity contribution in [2.75, 3.05) is 26.6 Å². The molecule has 2 aromatic rings. The first-order chi connectivity index (χ1) is 18.6. The molecule has 0 bridgehead atoms. The summed E-state index contributed by atoms with van der Waals surface area (Å²) < 4.78 is 15.7. The van der Waals surface area contributed by atoms with Crippen LogP contribution in [0.2, 0.25) is 0 Å². The van der Waals surface area contributed by atoms with E-state index in [0.717, 1.165) is 33.9 Å². The van der Waals surface area contributed by atoms with Crippen LogP contribution in [0.3, 0.4) is 0 Å². The van der Waals surface area contributed by atoms with Crippen molar-refractivity contribution in [3.8, 4) is 17.6 Å². The van der Waals surface area contributed by atoms with Gasteiger partial charge in [-0.15, -0.1) is 0 Å². The molecule has 0 fully saturated rings. The molecular formula is C28H26N4O6S. The summed E-state index contributed by atoms with van der Waals surface area (Å²) >= 11 is 0.863. The maximum absolute atomic E-state index is 14.1. The number of aryl methyl sites for hydroxylation is 2. The number of thioether (sulfide) groups is 1. The summed E-state index contributed by atoms with van der Waals surface area (Å²) in [7, 11) is 4.14. The van der Waals surface area contributed by atoms with Gasteiger partial charge in [0.2, 0.25) is 0 Å². The Morgan fingerprint density at radius 1 is 1.10 bits per heavy atom. The monoisotopic (exact) mass is 546 g/mol. The molecule has 10 nitrogen and oxygen atoms in total. The lowest BCUT2D eigenvalue weighted by Crippen LogP contribution is -2.42. The number of nitrogens with zero attached hydrogens (tertiary/aromatic N) is 2. The van der Waals surface area contributed by atoms with Gasteiger partial charge < -0.3 is 25.3 Å². The van der Waals surface area contributed by atoms with Gasteiger partial charge in [-0.05, 0) is 31.5 Å². The van der Waals surface area contributed by atoms with E-state index >= 15 is 0 Å². The molecule has 2 aromatic carbocycles. The molecule has 1 atom stereocenters. The quantitative estimate of drug-likeness (QED) is 0.519. The molecule has 0 spiro atoms. The largest absolute Gasteiger partial charge is 0.497 e. The number of carbonyl (C=O) groups is 3. The van der Waals surface area contributed by atoms with Crippen LogP contribution in [0.5, 0.6) is 11.5 Å². The van der Waals surface area contributed by atoms with E-state index in [1.807, 2.05) is 26.0 Å². The van der Waals surface area contributed by atoms with E-state index in [1.54, 1.807) is 24.3 Å². The van der Waals surface area contributed by atoms with Crippen molar-refractivity contribution in [2.24, 2.45) is 5.73 Å². The van der Waals surface area contributed by atoms with Gasteiger partial charge in [0.05, 0.1) is 49.5 Å². The minimum Gasteiger partial charge on any atom is -0.497 e. The van der Waals surface area contributed by atoms with Crippen LogP contribution >= 0.6 is 11.8 Å². The molecule has 2 amide bonds. The van der Waals surface area contributed by atoms with E-state index in [2.05, 4.69) is 11.4 Å².